The highest BCUT2D eigenvalue weighted by molar-refractivity contribution is 5.48. The number of ether oxygens (including phenoxy) is 1. The van der Waals surface area contributed by atoms with Gasteiger partial charge in [-0.3, -0.25) is 4.98 Å². The summed E-state index contributed by atoms with van der Waals surface area (Å²) in [5.74, 6) is 2.07. The average molecular weight is 233 g/mol. The SMILES string of the molecule is Cc1c(C(C)C)nc2c(c1C(C)C)OCCC2. The first-order valence-corrected chi connectivity index (χ1v) is 6.68. The van der Waals surface area contributed by atoms with E-state index in [9.17, 15) is 0 Å². The first kappa shape index (κ1) is 12.4. The van der Waals surface area contributed by atoms with Gasteiger partial charge in [0.05, 0.1) is 12.3 Å². The quantitative estimate of drug-likeness (QED) is 0.771. The van der Waals surface area contributed by atoms with E-state index in [2.05, 4.69) is 34.6 Å². The molecule has 0 radical (unpaired) electrons. The fraction of sp³-hybridized carbons (Fsp3) is 0.667. The van der Waals surface area contributed by atoms with Crippen LogP contribution in [0, 0.1) is 6.92 Å². The van der Waals surface area contributed by atoms with E-state index in [4.69, 9.17) is 9.72 Å². The van der Waals surface area contributed by atoms with Crippen molar-refractivity contribution in [1.29, 1.82) is 0 Å². The van der Waals surface area contributed by atoms with Crippen LogP contribution in [-0.4, -0.2) is 11.6 Å². The molecule has 2 nitrogen and oxygen atoms in total. The number of nitrogens with zero attached hydrogens (tertiary/aromatic N) is 1. The van der Waals surface area contributed by atoms with Crippen LogP contribution in [0.25, 0.3) is 0 Å². The molecule has 0 fully saturated rings. The minimum absolute atomic E-state index is 0.486. The van der Waals surface area contributed by atoms with E-state index in [0.717, 1.165) is 25.2 Å². The highest BCUT2D eigenvalue weighted by Gasteiger charge is 2.23. The highest BCUT2D eigenvalue weighted by Crippen LogP contribution is 2.37. The van der Waals surface area contributed by atoms with Gasteiger partial charge >= 0.3 is 0 Å². The van der Waals surface area contributed by atoms with E-state index in [1.165, 1.54) is 22.5 Å². The van der Waals surface area contributed by atoms with Crippen molar-refractivity contribution in [3.05, 3.63) is 22.5 Å². The van der Waals surface area contributed by atoms with Gasteiger partial charge in [-0.05, 0) is 37.2 Å². The zero-order valence-electron chi connectivity index (χ0n) is 11.6. The van der Waals surface area contributed by atoms with Crippen LogP contribution in [0.15, 0.2) is 0 Å². The lowest BCUT2D eigenvalue weighted by molar-refractivity contribution is 0.279. The van der Waals surface area contributed by atoms with Crippen LogP contribution >= 0.6 is 0 Å². The van der Waals surface area contributed by atoms with Crippen molar-refractivity contribution in [1.82, 2.24) is 4.98 Å². The monoisotopic (exact) mass is 233 g/mol. The molecule has 17 heavy (non-hydrogen) atoms. The fourth-order valence-electron chi connectivity index (χ4n) is 2.75. The molecule has 2 heteroatoms. The third kappa shape index (κ3) is 2.18. The number of pyridine rings is 1. The van der Waals surface area contributed by atoms with Crippen molar-refractivity contribution >= 4 is 0 Å². The van der Waals surface area contributed by atoms with E-state index in [0.29, 0.717) is 11.8 Å². The molecule has 1 aromatic heterocycles. The Balaban J connectivity index is 2.64. The number of hydrogen-bond acceptors (Lipinski definition) is 2. The topological polar surface area (TPSA) is 22.1 Å². The van der Waals surface area contributed by atoms with Crippen molar-refractivity contribution in [2.24, 2.45) is 0 Å². The van der Waals surface area contributed by atoms with E-state index < -0.39 is 0 Å². The Morgan fingerprint density at radius 2 is 1.82 bits per heavy atom. The minimum Gasteiger partial charge on any atom is -0.491 e. The Morgan fingerprint density at radius 1 is 1.12 bits per heavy atom. The Labute approximate surface area is 104 Å². The largest absolute Gasteiger partial charge is 0.491 e. The lowest BCUT2D eigenvalue weighted by Crippen LogP contribution is -2.16. The molecule has 2 heterocycles. The summed E-state index contributed by atoms with van der Waals surface area (Å²) in [7, 11) is 0. The molecule has 1 aliphatic heterocycles. The number of hydrogen-bond donors (Lipinski definition) is 0. The van der Waals surface area contributed by atoms with Crippen molar-refractivity contribution in [3.8, 4) is 5.75 Å². The second-order valence-corrected chi connectivity index (χ2v) is 5.57. The highest BCUT2D eigenvalue weighted by atomic mass is 16.5. The third-order valence-corrected chi connectivity index (χ3v) is 3.48. The van der Waals surface area contributed by atoms with E-state index in [-0.39, 0.29) is 0 Å². The molecule has 0 bridgehead atoms. The summed E-state index contributed by atoms with van der Waals surface area (Å²) < 4.78 is 5.87. The molecule has 0 atom stereocenters. The Morgan fingerprint density at radius 3 is 2.41 bits per heavy atom. The zero-order chi connectivity index (χ0) is 12.6. The van der Waals surface area contributed by atoms with Gasteiger partial charge in [0, 0.05) is 11.3 Å². The summed E-state index contributed by atoms with van der Waals surface area (Å²) in [6.45, 7) is 11.9. The van der Waals surface area contributed by atoms with Gasteiger partial charge < -0.3 is 4.74 Å². The van der Waals surface area contributed by atoms with Gasteiger partial charge in [-0.2, -0.15) is 0 Å². The van der Waals surface area contributed by atoms with Crippen LogP contribution in [0.1, 0.15) is 68.5 Å². The predicted octanol–water partition coefficient (Wildman–Crippen LogP) is 3.96. The molecule has 1 aliphatic rings. The lowest BCUT2D eigenvalue weighted by atomic mass is 9.90. The van der Waals surface area contributed by atoms with Crippen LogP contribution in [0.4, 0.5) is 0 Å². The molecule has 0 unspecified atom stereocenters. The van der Waals surface area contributed by atoms with Gasteiger partial charge in [0.15, 0.2) is 0 Å². The molecule has 0 saturated heterocycles. The van der Waals surface area contributed by atoms with Crippen molar-refractivity contribution < 1.29 is 4.74 Å². The maximum Gasteiger partial charge on any atom is 0.144 e. The smallest absolute Gasteiger partial charge is 0.144 e. The maximum atomic E-state index is 5.87. The molecule has 2 rings (SSSR count). The van der Waals surface area contributed by atoms with Gasteiger partial charge in [-0.15, -0.1) is 0 Å². The molecule has 0 amide bonds. The van der Waals surface area contributed by atoms with Gasteiger partial charge in [0.2, 0.25) is 0 Å². The molecule has 94 valence electrons. The molecule has 0 aromatic carbocycles. The first-order valence-electron chi connectivity index (χ1n) is 6.68. The second kappa shape index (κ2) is 4.67. The predicted molar refractivity (Wildman–Crippen MR) is 71.0 cm³/mol. The summed E-state index contributed by atoms with van der Waals surface area (Å²) in [6.07, 6.45) is 2.16. The number of fused-ring (bicyclic) bond motifs is 1. The molecular formula is C15H23NO. The molecule has 0 spiro atoms. The summed E-state index contributed by atoms with van der Waals surface area (Å²) >= 11 is 0. The molecule has 0 aliphatic carbocycles. The summed E-state index contributed by atoms with van der Waals surface area (Å²) in [5, 5.41) is 0. The zero-order valence-corrected chi connectivity index (χ0v) is 11.6. The molecular weight excluding hydrogens is 210 g/mol. The van der Waals surface area contributed by atoms with Crippen molar-refractivity contribution in [2.45, 2.75) is 59.3 Å². The normalized spacial score (nSPS) is 15.0. The number of rotatable bonds is 2. The van der Waals surface area contributed by atoms with Crippen LogP contribution < -0.4 is 4.74 Å². The molecule has 0 saturated carbocycles. The maximum absolute atomic E-state index is 5.87. The first-order chi connectivity index (χ1) is 8.02. The fourth-order valence-corrected chi connectivity index (χ4v) is 2.75. The van der Waals surface area contributed by atoms with Gasteiger partial charge in [-0.1, -0.05) is 27.7 Å². The summed E-state index contributed by atoms with van der Waals surface area (Å²) in [6, 6.07) is 0. The lowest BCUT2D eigenvalue weighted by Gasteiger charge is -2.26. The standard InChI is InChI=1S/C15H23NO/c1-9(2)13-11(5)14(10(3)4)16-12-7-6-8-17-15(12)13/h9-10H,6-8H2,1-5H3. The third-order valence-electron chi connectivity index (χ3n) is 3.48. The van der Waals surface area contributed by atoms with E-state index in [1.807, 2.05) is 0 Å². The van der Waals surface area contributed by atoms with Crippen LogP contribution in [0.2, 0.25) is 0 Å². The van der Waals surface area contributed by atoms with E-state index >= 15 is 0 Å². The van der Waals surface area contributed by atoms with Gasteiger partial charge in [-0.25, -0.2) is 0 Å². The van der Waals surface area contributed by atoms with Crippen LogP contribution in [0.3, 0.4) is 0 Å². The average Bonchev–Trinajstić information content (AvgIpc) is 2.27. The van der Waals surface area contributed by atoms with Gasteiger partial charge in [0.25, 0.3) is 0 Å². The second-order valence-electron chi connectivity index (χ2n) is 5.57. The van der Waals surface area contributed by atoms with Crippen molar-refractivity contribution in [3.63, 3.8) is 0 Å². The number of aromatic nitrogens is 1. The van der Waals surface area contributed by atoms with E-state index in [1.54, 1.807) is 0 Å². The van der Waals surface area contributed by atoms with Crippen LogP contribution in [0.5, 0.6) is 5.75 Å². The van der Waals surface area contributed by atoms with Gasteiger partial charge in [0.1, 0.15) is 5.75 Å². The Kier molecular flexibility index (Phi) is 3.41. The Hall–Kier alpha value is -1.05. The Bertz CT molecular complexity index is 421. The number of aryl methyl sites for hydroxylation is 1. The van der Waals surface area contributed by atoms with Crippen LogP contribution in [-0.2, 0) is 6.42 Å². The summed E-state index contributed by atoms with van der Waals surface area (Å²) in [5.41, 5.74) is 5.13. The molecule has 0 N–H and O–H groups in total. The molecule has 1 aromatic rings. The van der Waals surface area contributed by atoms with Crippen molar-refractivity contribution in [2.75, 3.05) is 6.61 Å². The minimum atomic E-state index is 0.486. The summed E-state index contributed by atoms with van der Waals surface area (Å²) in [4.78, 5) is 4.83.